The van der Waals surface area contributed by atoms with Crippen LogP contribution in [0.3, 0.4) is 0 Å². The number of hydrogen-bond acceptors (Lipinski definition) is 2. The molecule has 1 saturated heterocycles. The summed E-state index contributed by atoms with van der Waals surface area (Å²) < 4.78 is 5.38. The highest BCUT2D eigenvalue weighted by molar-refractivity contribution is 5.93. The van der Waals surface area contributed by atoms with Gasteiger partial charge < -0.3 is 15.0 Å². The van der Waals surface area contributed by atoms with Crippen molar-refractivity contribution < 1.29 is 14.4 Å². The van der Waals surface area contributed by atoms with Crippen molar-refractivity contribution in [3.8, 4) is 5.75 Å². The fourth-order valence-electron chi connectivity index (χ4n) is 2.50. The van der Waals surface area contributed by atoms with Crippen LogP contribution < -0.4 is 15.0 Å². The van der Waals surface area contributed by atoms with Crippen LogP contribution in [0, 0.1) is 0 Å². The van der Waals surface area contributed by atoms with Gasteiger partial charge in [-0.1, -0.05) is 0 Å². The van der Waals surface area contributed by atoms with Crippen LogP contribution >= 0.6 is 0 Å². The molecule has 0 aliphatic carbocycles. The third kappa shape index (κ3) is 3.70. The van der Waals surface area contributed by atoms with Crippen LogP contribution in [0.1, 0.15) is 26.7 Å². The van der Waals surface area contributed by atoms with Crippen LogP contribution in [0.25, 0.3) is 0 Å². The first-order chi connectivity index (χ1) is 9.20. The van der Waals surface area contributed by atoms with Gasteiger partial charge in [-0.05, 0) is 38.1 Å². The van der Waals surface area contributed by atoms with E-state index in [-0.39, 0.29) is 11.9 Å². The number of amides is 1. The van der Waals surface area contributed by atoms with Crippen molar-refractivity contribution in [3.05, 3.63) is 24.3 Å². The Hall–Kier alpha value is -1.55. The third-order valence-electron chi connectivity index (χ3n) is 3.68. The molecule has 2 N–H and O–H groups in total. The van der Waals surface area contributed by atoms with Gasteiger partial charge in [-0.15, -0.1) is 0 Å². The zero-order chi connectivity index (χ0) is 13.7. The second kappa shape index (κ2) is 6.57. The molecule has 0 aromatic heterocycles. The molecule has 1 amide bonds. The zero-order valence-electron chi connectivity index (χ0n) is 11.7. The van der Waals surface area contributed by atoms with Crippen molar-refractivity contribution >= 4 is 11.6 Å². The fourth-order valence-corrected chi connectivity index (χ4v) is 2.50. The van der Waals surface area contributed by atoms with Crippen LogP contribution in [-0.2, 0) is 4.79 Å². The summed E-state index contributed by atoms with van der Waals surface area (Å²) in [7, 11) is 0. The number of benzene rings is 1. The minimum absolute atomic E-state index is 0.0223. The molecule has 104 valence electrons. The van der Waals surface area contributed by atoms with Crippen LogP contribution in [0.5, 0.6) is 5.75 Å². The number of quaternary nitrogens is 1. The first-order valence-electron chi connectivity index (χ1n) is 7.09. The molecule has 0 spiro atoms. The summed E-state index contributed by atoms with van der Waals surface area (Å²) in [5, 5.41) is 2.97. The van der Waals surface area contributed by atoms with Gasteiger partial charge >= 0.3 is 0 Å². The second-order valence-electron chi connectivity index (χ2n) is 5.03. The number of ether oxygens (including phenoxy) is 1. The molecule has 1 atom stereocenters. The number of hydrogen-bond donors (Lipinski definition) is 2. The Morgan fingerprint density at radius 1 is 1.32 bits per heavy atom. The summed E-state index contributed by atoms with van der Waals surface area (Å²) in [6, 6.07) is 7.55. The molecular formula is C15H23N2O2+. The summed E-state index contributed by atoms with van der Waals surface area (Å²) in [6.45, 7) is 6.83. The Kier molecular flexibility index (Phi) is 4.80. The average Bonchev–Trinajstić information content (AvgIpc) is 2.94. The van der Waals surface area contributed by atoms with Crippen LogP contribution in [0.2, 0.25) is 0 Å². The maximum Gasteiger partial charge on any atom is 0.282 e. The van der Waals surface area contributed by atoms with Crippen molar-refractivity contribution in [1.82, 2.24) is 0 Å². The van der Waals surface area contributed by atoms with E-state index in [2.05, 4.69) is 5.32 Å². The highest BCUT2D eigenvalue weighted by Gasteiger charge is 2.27. The summed E-state index contributed by atoms with van der Waals surface area (Å²) >= 11 is 0. The van der Waals surface area contributed by atoms with E-state index in [0.29, 0.717) is 6.61 Å². The van der Waals surface area contributed by atoms with E-state index >= 15 is 0 Å². The molecule has 4 heteroatoms. The summed E-state index contributed by atoms with van der Waals surface area (Å²) in [5.41, 5.74) is 0.832. The van der Waals surface area contributed by atoms with Crippen LogP contribution in [0.15, 0.2) is 24.3 Å². The van der Waals surface area contributed by atoms with E-state index in [1.807, 2.05) is 38.1 Å². The quantitative estimate of drug-likeness (QED) is 0.835. The second-order valence-corrected chi connectivity index (χ2v) is 5.03. The van der Waals surface area contributed by atoms with Crippen molar-refractivity contribution in [2.75, 3.05) is 25.0 Å². The highest BCUT2D eigenvalue weighted by atomic mass is 16.5. The number of anilines is 1. The largest absolute Gasteiger partial charge is 0.494 e. The molecule has 2 rings (SSSR count). The van der Waals surface area contributed by atoms with Crippen molar-refractivity contribution in [2.45, 2.75) is 32.7 Å². The Bertz CT molecular complexity index is 411. The van der Waals surface area contributed by atoms with Gasteiger partial charge in [0.15, 0.2) is 6.04 Å². The third-order valence-corrected chi connectivity index (χ3v) is 3.68. The van der Waals surface area contributed by atoms with Gasteiger partial charge in [0.2, 0.25) is 0 Å². The van der Waals surface area contributed by atoms with E-state index < -0.39 is 0 Å². The normalized spacial score (nSPS) is 17.2. The Balaban J connectivity index is 1.90. The summed E-state index contributed by atoms with van der Waals surface area (Å²) in [4.78, 5) is 13.5. The Labute approximate surface area is 114 Å². The SMILES string of the molecule is CCOc1ccc(NC(=O)[C@H](C)[NH+]2CCCC2)cc1. The first kappa shape index (κ1) is 13.9. The van der Waals surface area contributed by atoms with Gasteiger partial charge in [0.05, 0.1) is 19.7 Å². The van der Waals surface area contributed by atoms with E-state index in [1.54, 1.807) is 0 Å². The van der Waals surface area contributed by atoms with Gasteiger partial charge in [-0.2, -0.15) is 0 Å². The monoisotopic (exact) mass is 263 g/mol. The Morgan fingerprint density at radius 3 is 2.53 bits per heavy atom. The van der Waals surface area contributed by atoms with Gasteiger partial charge in [0.25, 0.3) is 5.91 Å². The molecule has 0 radical (unpaired) electrons. The molecule has 1 aliphatic heterocycles. The molecular weight excluding hydrogens is 240 g/mol. The number of nitrogens with one attached hydrogen (secondary N) is 2. The number of carbonyl (C=O) groups excluding carboxylic acids is 1. The lowest BCUT2D eigenvalue weighted by molar-refractivity contribution is -0.901. The number of rotatable bonds is 5. The molecule has 1 aromatic carbocycles. The van der Waals surface area contributed by atoms with E-state index in [4.69, 9.17) is 4.74 Å². The summed E-state index contributed by atoms with van der Waals surface area (Å²) in [5.74, 6) is 0.930. The molecule has 1 heterocycles. The molecule has 0 unspecified atom stereocenters. The maximum atomic E-state index is 12.1. The fraction of sp³-hybridized carbons (Fsp3) is 0.533. The van der Waals surface area contributed by atoms with Gasteiger partial charge in [0.1, 0.15) is 5.75 Å². The molecule has 0 bridgehead atoms. The van der Waals surface area contributed by atoms with E-state index in [9.17, 15) is 4.79 Å². The predicted octanol–water partition coefficient (Wildman–Crippen LogP) is 1.09. The van der Waals surface area contributed by atoms with E-state index in [0.717, 1.165) is 24.5 Å². The number of carbonyl (C=O) groups is 1. The van der Waals surface area contributed by atoms with Crippen LogP contribution in [-0.4, -0.2) is 31.6 Å². The summed E-state index contributed by atoms with van der Waals surface area (Å²) in [6.07, 6.45) is 2.46. The lowest BCUT2D eigenvalue weighted by Gasteiger charge is -2.20. The molecule has 1 aliphatic rings. The average molecular weight is 263 g/mol. The van der Waals surface area contributed by atoms with Gasteiger partial charge in [0, 0.05) is 18.5 Å². The molecule has 19 heavy (non-hydrogen) atoms. The molecule has 1 fully saturated rings. The minimum Gasteiger partial charge on any atom is -0.494 e. The van der Waals surface area contributed by atoms with Gasteiger partial charge in [-0.3, -0.25) is 4.79 Å². The Morgan fingerprint density at radius 2 is 1.95 bits per heavy atom. The minimum atomic E-state index is 0.0223. The van der Waals surface area contributed by atoms with Gasteiger partial charge in [-0.25, -0.2) is 0 Å². The van der Waals surface area contributed by atoms with Crippen LogP contribution in [0.4, 0.5) is 5.69 Å². The van der Waals surface area contributed by atoms with Crippen molar-refractivity contribution in [2.24, 2.45) is 0 Å². The first-order valence-corrected chi connectivity index (χ1v) is 7.09. The zero-order valence-corrected chi connectivity index (χ0v) is 11.7. The molecule has 1 aromatic rings. The lowest BCUT2D eigenvalue weighted by Crippen LogP contribution is -3.14. The number of likely N-dealkylation sites (tertiary alicyclic amines) is 1. The van der Waals surface area contributed by atoms with E-state index in [1.165, 1.54) is 17.7 Å². The van der Waals surface area contributed by atoms with Crippen molar-refractivity contribution in [1.29, 1.82) is 0 Å². The lowest BCUT2D eigenvalue weighted by atomic mass is 10.2. The highest BCUT2D eigenvalue weighted by Crippen LogP contribution is 2.15. The smallest absolute Gasteiger partial charge is 0.282 e. The molecule has 0 saturated carbocycles. The maximum absolute atomic E-state index is 12.1. The predicted molar refractivity (Wildman–Crippen MR) is 75.6 cm³/mol. The van der Waals surface area contributed by atoms with Crippen molar-refractivity contribution in [3.63, 3.8) is 0 Å². The standard InChI is InChI=1S/C15H22N2O2/c1-3-19-14-8-6-13(7-9-14)16-15(18)12(2)17-10-4-5-11-17/h6-9,12H,3-5,10-11H2,1-2H3,(H,16,18)/p+1/t12-/m0/s1. The molecule has 4 nitrogen and oxygen atoms in total. The topological polar surface area (TPSA) is 42.8 Å².